The molecule has 0 saturated heterocycles. The maximum absolute atomic E-state index is 12.3. The van der Waals surface area contributed by atoms with Gasteiger partial charge in [-0.2, -0.15) is 5.26 Å². The zero-order chi connectivity index (χ0) is 18.4. The largest absolute Gasteiger partial charge is 0.302 e. The van der Waals surface area contributed by atoms with Gasteiger partial charge in [-0.15, -0.1) is 0 Å². The Balaban J connectivity index is 1.93. The van der Waals surface area contributed by atoms with Crippen LogP contribution in [0.2, 0.25) is 0 Å². The van der Waals surface area contributed by atoms with Crippen LogP contribution in [0.15, 0.2) is 10.9 Å². The molecule has 2 rings (SSSR count). The molecule has 1 amide bonds. The number of nitrogens with zero attached hydrogens (tertiary/aromatic N) is 2. The van der Waals surface area contributed by atoms with Crippen LogP contribution in [0.1, 0.15) is 61.8 Å². The number of thiocarbonyl (C=S) groups is 1. The van der Waals surface area contributed by atoms with Gasteiger partial charge in [-0.05, 0) is 50.0 Å². The van der Waals surface area contributed by atoms with Crippen molar-refractivity contribution in [3.05, 3.63) is 33.2 Å². The molecule has 134 valence electrons. The van der Waals surface area contributed by atoms with Crippen LogP contribution >= 0.6 is 12.2 Å². The molecule has 0 radical (unpaired) electrons. The van der Waals surface area contributed by atoms with E-state index in [1.807, 2.05) is 6.07 Å². The first-order chi connectivity index (χ1) is 11.9. The summed E-state index contributed by atoms with van der Waals surface area (Å²) in [6, 6.07) is 3.62. The third-order valence-electron chi connectivity index (χ3n) is 4.67. The summed E-state index contributed by atoms with van der Waals surface area (Å²) in [6.07, 6.45) is 7.50. The average Bonchev–Trinajstić information content (AvgIpc) is 2.58. The van der Waals surface area contributed by atoms with Gasteiger partial charge in [0.05, 0.1) is 0 Å². The maximum atomic E-state index is 12.3. The standard InChI is InChI=1S/C18H24N4O2S/c1-12-10-13(2)22(17(24)15(12)11-19)21-18(25)20-16(23)9-8-14-6-4-3-5-7-14/h10,14H,3-9H2,1-2H3,(H2,20,21,23,25). The molecule has 6 nitrogen and oxygen atoms in total. The molecule has 1 aliphatic rings. The monoisotopic (exact) mass is 360 g/mol. The highest BCUT2D eigenvalue weighted by Crippen LogP contribution is 2.27. The SMILES string of the molecule is Cc1cc(C)n(NC(=S)NC(=O)CCC2CCCCC2)c(=O)c1C#N. The van der Waals surface area contributed by atoms with Gasteiger partial charge in [-0.25, -0.2) is 4.68 Å². The molecule has 1 aromatic rings. The van der Waals surface area contributed by atoms with Gasteiger partial charge in [0.25, 0.3) is 5.56 Å². The topological polar surface area (TPSA) is 86.9 Å². The van der Waals surface area contributed by atoms with Crippen LogP contribution in [0.5, 0.6) is 0 Å². The number of aromatic nitrogens is 1. The third kappa shape index (κ3) is 5.13. The van der Waals surface area contributed by atoms with E-state index in [1.54, 1.807) is 19.9 Å². The molecule has 1 heterocycles. The van der Waals surface area contributed by atoms with E-state index in [0.717, 1.165) is 6.42 Å². The molecule has 7 heteroatoms. The Kier molecular flexibility index (Phi) is 6.71. The molecule has 1 aromatic heterocycles. The van der Waals surface area contributed by atoms with E-state index < -0.39 is 5.56 Å². The fourth-order valence-electron chi connectivity index (χ4n) is 3.30. The molecular weight excluding hydrogens is 336 g/mol. The predicted octanol–water partition coefficient (Wildman–Crippen LogP) is 2.64. The lowest BCUT2D eigenvalue weighted by molar-refractivity contribution is -0.120. The lowest BCUT2D eigenvalue weighted by Gasteiger charge is -2.21. The summed E-state index contributed by atoms with van der Waals surface area (Å²) < 4.78 is 1.19. The molecule has 0 unspecified atom stereocenters. The van der Waals surface area contributed by atoms with E-state index >= 15 is 0 Å². The quantitative estimate of drug-likeness (QED) is 0.806. The van der Waals surface area contributed by atoms with Crippen LogP contribution in [-0.4, -0.2) is 15.7 Å². The van der Waals surface area contributed by atoms with Gasteiger partial charge < -0.3 is 5.32 Å². The molecule has 0 atom stereocenters. The number of aryl methyl sites for hydroxylation is 2. The number of amides is 1. The number of carbonyl (C=O) groups is 1. The van der Waals surface area contributed by atoms with Gasteiger partial charge >= 0.3 is 0 Å². The minimum atomic E-state index is -0.473. The summed E-state index contributed by atoms with van der Waals surface area (Å²) >= 11 is 5.13. The fraction of sp³-hybridized carbons (Fsp3) is 0.556. The first kappa shape index (κ1) is 19.1. The van der Waals surface area contributed by atoms with Crippen molar-refractivity contribution in [2.75, 3.05) is 5.43 Å². The van der Waals surface area contributed by atoms with Gasteiger partial charge in [0, 0.05) is 12.1 Å². The fourth-order valence-corrected chi connectivity index (χ4v) is 3.50. The Hall–Kier alpha value is -2.20. The second-order valence-corrected chi connectivity index (χ2v) is 7.04. The molecule has 0 aliphatic heterocycles. The summed E-state index contributed by atoms with van der Waals surface area (Å²) in [5, 5.41) is 11.8. The summed E-state index contributed by atoms with van der Waals surface area (Å²) in [7, 11) is 0. The molecule has 0 aromatic carbocycles. The van der Waals surface area contributed by atoms with Crippen molar-refractivity contribution < 1.29 is 4.79 Å². The Morgan fingerprint density at radius 1 is 1.36 bits per heavy atom. The molecule has 1 aliphatic carbocycles. The second-order valence-electron chi connectivity index (χ2n) is 6.63. The Morgan fingerprint density at radius 2 is 2.04 bits per heavy atom. The summed E-state index contributed by atoms with van der Waals surface area (Å²) in [6.45, 7) is 3.44. The zero-order valence-electron chi connectivity index (χ0n) is 14.7. The van der Waals surface area contributed by atoms with E-state index in [9.17, 15) is 9.59 Å². The molecule has 1 saturated carbocycles. The van der Waals surface area contributed by atoms with Gasteiger partial charge in [0.1, 0.15) is 11.6 Å². The van der Waals surface area contributed by atoms with Crippen molar-refractivity contribution in [2.45, 2.75) is 58.8 Å². The van der Waals surface area contributed by atoms with Crippen molar-refractivity contribution >= 4 is 23.2 Å². The molecule has 1 fully saturated rings. The van der Waals surface area contributed by atoms with E-state index in [4.69, 9.17) is 17.5 Å². The number of rotatable bonds is 4. The van der Waals surface area contributed by atoms with Crippen LogP contribution in [0.3, 0.4) is 0 Å². The van der Waals surface area contributed by atoms with Gasteiger partial charge in [-0.3, -0.25) is 15.0 Å². The van der Waals surface area contributed by atoms with Crippen molar-refractivity contribution in [2.24, 2.45) is 5.92 Å². The van der Waals surface area contributed by atoms with Crippen LogP contribution in [0.4, 0.5) is 0 Å². The molecule has 2 N–H and O–H groups in total. The van der Waals surface area contributed by atoms with E-state index in [2.05, 4.69) is 10.7 Å². The molecule has 0 bridgehead atoms. The van der Waals surface area contributed by atoms with Crippen LogP contribution in [0.25, 0.3) is 0 Å². The summed E-state index contributed by atoms with van der Waals surface area (Å²) in [5.74, 6) is 0.475. The first-order valence-electron chi connectivity index (χ1n) is 8.66. The third-order valence-corrected chi connectivity index (χ3v) is 4.87. The van der Waals surface area contributed by atoms with E-state index in [-0.39, 0.29) is 16.6 Å². The number of pyridine rings is 1. The summed E-state index contributed by atoms with van der Waals surface area (Å²) in [4.78, 5) is 24.4. The Labute approximate surface area is 153 Å². The highest BCUT2D eigenvalue weighted by molar-refractivity contribution is 7.80. The lowest BCUT2D eigenvalue weighted by Crippen LogP contribution is -2.43. The maximum Gasteiger partial charge on any atom is 0.287 e. The summed E-state index contributed by atoms with van der Waals surface area (Å²) in [5.41, 5.74) is 3.52. The van der Waals surface area contributed by atoms with Gasteiger partial charge in [0.15, 0.2) is 5.11 Å². The smallest absolute Gasteiger partial charge is 0.287 e. The van der Waals surface area contributed by atoms with E-state index in [0.29, 0.717) is 23.6 Å². The van der Waals surface area contributed by atoms with Gasteiger partial charge in [-0.1, -0.05) is 32.1 Å². The highest BCUT2D eigenvalue weighted by atomic mass is 32.1. The second kappa shape index (κ2) is 8.77. The van der Waals surface area contributed by atoms with Crippen molar-refractivity contribution in [3.8, 4) is 6.07 Å². The molecular formula is C18H24N4O2S. The number of hydrogen-bond acceptors (Lipinski definition) is 4. The predicted molar refractivity (Wildman–Crippen MR) is 101 cm³/mol. The van der Waals surface area contributed by atoms with E-state index in [1.165, 1.54) is 36.8 Å². The average molecular weight is 360 g/mol. The first-order valence-corrected chi connectivity index (χ1v) is 9.07. The number of carbonyl (C=O) groups excluding carboxylic acids is 1. The minimum absolute atomic E-state index is 0.0597. The van der Waals surface area contributed by atoms with Crippen LogP contribution in [0, 0.1) is 31.1 Å². The van der Waals surface area contributed by atoms with Crippen LogP contribution in [-0.2, 0) is 4.79 Å². The zero-order valence-corrected chi connectivity index (χ0v) is 15.5. The van der Waals surface area contributed by atoms with Gasteiger partial charge in [0.2, 0.25) is 5.91 Å². The number of nitriles is 1. The van der Waals surface area contributed by atoms with Crippen LogP contribution < -0.4 is 16.3 Å². The number of hydrogen-bond donors (Lipinski definition) is 2. The Bertz CT molecular complexity index is 758. The number of nitrogens with one attached hydrogen (secondary N) is 2. The molecule has 0 spiro atoms. The molecule has 25 heavy (non-hydrogen) atoms. The minimum Gasteiger partial charge on any atom is -0.302 e. The highest BCUT2D eigenvalue weighted by Gasteiger charge is 2.16. The normalized spacial score (nSPS) is 14.6. The van der Waals surface area contributed by atoms with Crippen molar-refractivity contribution in [1.29, 1.82) is 5.26 Å². The van der Waals surface area contributed by atoms with Crippen molar-refractivity contribution in [3.63, 3.8) is 0 Å². The Morgan fingerprint density at radius 3 is 2.68 bits per heavy atom. The lowest BCUT2D eigenvalue weighted by atomic mass is 9.86. The van der Waals surface area contributed by atoms with Crippen molar-refractivity contribution in [1.82, 2.24) is 9.99 Å².